The minimum atomic E-state index is -2.28. The molecule has 3 aliphatic rings. The van der Waals surface area contributed by atoms with E-state index in [0.29, 0.717) is 21.8 Å². The van der Waals surface area contributed by atoms with E-state index in [2.05, 4.69) is 0 Å². The van der Waals surface area contributed by atoms with E-state index < -0.39 is 40.3 Å². The predicted octanol–water partition coefficient (Wildman–Crippen LogP) is 5.93. The quantitative estimate of drug-likeness (QED) is 0.187. The molecule has 2 heterocycles. The lowest BCUT2D eigenvalue weighted by Gasteiger charge is -2.36. The second kappa shape index (κ2) is 9.12. The molecule has 1 fully saturated rings. The lowest BCUT2D eigenvalue weighted by atomic mass is 9.79. The van der Waals surface area contributed by atoms with Gasteiger partial charge >= 0.3 is 5.91 Å². The number of fused-ring (bicyclic) bond motifs is 3. The van der Waals surface area contributed by atoms with Crippen molar-refractivity contribution < 1.29 is 24.3 Å². The summed E-state index contributed by atoms with van der Waals surface area (Å²) in [6, 6.07) is 28.2. The molecular formula is C34H21ClN2O5. The van der Waals surface area contributed by atoms with Crippen molar-refractivity contribution in [1.82, 2.24) is 0 Å². The van der Waals surface area contributed by atoms with Crippen LogP contribution in [0.4, 0.5) is 11.4 Å². The first-order chi connectivity index (χ1) is 20.3. The largest absolute Gasteiger partial charge is 0.507 e. The van der Waals surface area contributed by atoms with E-state index in [0.717, 1.165) is 10.5 Å². The molecule has 204 valence electrons. The molecule has 1 aliphatic carbocycles. The number of rotatable bonds is 3. The van der Waals surface area contributed by atoms with E-state index >= 15 is 4.79 Å². The van der Waals surface area contributed by atoms with Gasteiger partial charge in [0.1, 0.15) is 5.76 Å². The summed E-state index contributed by atoms with van der Waals surface area (Å²) >= 11 is 6.17. The standard InChI is InChI=1S/C34H21ClN2O5/c1-19-11-15-23(16-12-19)37-32(41)31(40)27(29(38)20-7-3-2-4-8-20)34(37)26-28(24-9-5-6-10-25(24)30(26)39)36(33(34)42)22-17-13-21(35)14-18-22/h2-18,38H,1H3/b29-27-. The Morgan fingerprint density at radius 2 is 1.31 bits per heavy atom. The van der Waals surface area contributed by atoms with Gasteiger partial charge in [0.15, 0.2) is 11.3 Å². The zero-order valence-corrected chi connectivity index (χ0v) is 22.9. The summed E-state index contributed by atoms with van der Waals surface area (Å²) in [4.78, 5) is 59.9. The van der Waals surface area contributed by atoms with Gasteiger partial charge in [0, 0.05) is 33.1 Å². The fourth-order valence-corrected chi connectivity index (χ4v) is 6.27. The van der Waals surface area contributed by atoms with Gasteiger partial charge in [0.05, 0.1) is 16.8 Å². The zero-order valence-electron chi connectivity index (χ0n) is 22.2. The molecule has 2 aliphatic heterocycles. The van der Waals surface area contributed by atoms with E-state index in [4.69, 9.17) is 11.6 Å². The Kier molecular flexibility index (Phi) is 5.58. The molecule has 1 atom stereocenters. The second-order valence-electron chi connectivity index (χ2n) is 10.3. The molecule has 7 nitrogen and oxygen atoms in total. The first kappa shape index (κ1) is 25.7. The number of aryl methyl sites for hydroxylation is 1. The van der Waals surface area contributed by atoms with Crippen LogP contribution in [0.15, 0.2) is 114 Å². The summed E-state index contributed by atoms with van der Waals surface area (Å²) in [5, 5.41) is 12.2. The van der Waals surface area contributed by atoms with Crippen LogP contribution < -0.4 is 9.80 Å². The van der Waals surface area contributed by atoms with E-state index in [-0.39, 0.29) is 22.5 Å². The number of aliphatic hydroxyl groups excluding tert-OH is 1. The van der Waals surface area contributed by atoms with Crippen molar-refractivity contribution in [2.45, 2.75) is 12.5 Å². The maximum absolute atomic E-state index is 15.1. The predicted molar refractivity (Wildman–Crippen MR) is 159 cm³/mol. The highest BCUT2D eigenvalue weighted by atomic mass is 35.5. The monoisotopic (exact) mass is 572 g/mol. The average Bonchev–Trinajstić information content (AvgIpc) is 3.53. The first-order valence-electron chi connectivity index (χ1n) is 13.2. The van der Waals surface area contributed by atoms with Crippen molar-refractivity contribution in [3.8, 4) is 0 Å². The number of nitrogens with zero attached hydrogens (tertiary/aromatic N) is 2. The Balaban J connectivity index is 1.63. The third-order valence-corrected chi connectivity index (χ3v) is 8.22. The summed E-state index contributed by atoms with van der Waals surface area (Å²) < 4.78 is 0. The molecular weight excluding hydrogens is 552 g/mol. The maximum atomic E-state index is 15.1. The Morgan fingerprint density at radius 3 is 1.98 bits per heavy atom. The fourth-order valence-electron chi connectivity index (χ4n) is 6.14. The first-order valence-corrected chi connectivity index (χ1v) is 13.6. The van der Waals surface area contributed by atoms with Crippen molar-refractivity contribution in [3.63, 3.8) is 0 Å². The van der Waals surface area contributed by atoms with Gasteiger partial charge in [-0.1, -0.05) is 83.9 Å². The number of hydrogen-bond donors (Lipinski definition) is 1. The van der Waals surface area contributed by atoms with Gasteiger partial charge in [0.25, 0.3) is 11.7 Å². The van der Waals surface area contributed by atoms with Gasteiger partial charge in [-0.25, -0.2) is 0 Å². The highest BCUT2D eigenvalue weighted by molar-refractivity contribution is 6.58. The smallest absolute Gasteiger partial charge is 0.300 e. The van der Waals surface area contributed by atoms with Crippen LogP contribution in [0.5, 0.6) is 0 Å². The SMILES string of the molecule is Cc1ccc(N2C(=O)C(=O)/C(=C(/O)c3ccccc3)C23C(=O)N(c2ccc(Cl)cc2)C2=C3C(=O)c3ccccc32)cc1. The number of amides is 2. The molecule has 0 bridgehead atoms. The van der Waals surface area contributed by atoms with Crippen LogP contribution in [0.2, 0.25) is 5.02 Å². The summed E-state index contributed by atoms with van der Waals surface area (Å²) in [6.45, 7) is 1.86. The summed E-state index contributed by atoms with van der Waals surface area (Å²) in [6.07, 6.45) is 0. The van der Waals surface area contributed by atoms with Crippen LogP contribution in [0, 0.1) is 6.92 Å². The minimum Gasteiger partial charge on any atom is -0.507 e. The molecule has 4 aromatic carbocycles. The normalized spacial score (nSPS) is 20.6. The van der Waals surface area contributed by atoms with Crippen molar-refractivity contribution in [2.75, 3.05) is 9.80 Å². The van der Waals surface area contributed by atoms with E-state index in [1.165, 1.54) is 4.90 Å². The Morgan fingerprint density at radius 1 is 0.714 bits per heavy atom. The number of carbonyl (C=O) groups is 4. The molecule has 1 spiro atoms. The number of carbonyl (C=O) groups excluding carboxylic acids is 4. The summed E-state index contributed by atoms with van der Waals surface area (Å²) in [7, 11) is 0. The highest BCUT2D eigenvalue weighted by Crippen LogP contribution is 2.57. The number of Topliss-reactive ketones (excluding diaryl/α,β-unsaturated/α-hetero) is 2. The second-order valence-corrected chi connectivity index (χ2v) is 10.8. The molecule has 1 N–H and O–H groups in total. The van der Waals surface area contributed by atoms with Crippen LogP contribution in [0.25, 0.3) is 11.5 Å². The lowest BCUT2D eigenvalue weighted by molar-refractivity contribution is -0.132. The number of anilines is 2. The number of hydrogen-bond acceptors (Lipinski definition) is 5. The number of ketones is 2. The van der Waals surface area contributed by atoms with Gasteiger partial charge in [0.2, 0.25) is 0 Å². The van der Waals surface area contributed by atoms with Gasteiger partial charge in [-0.05, 0) is 43.3 Å². The maximum Gasteiger partial charge on any atom is 0.300 e. The van der Waals surface area contributed by atoms with E-state index in [9.17, 15) is 19.5 Å². The molecule has 4 aromatic rings. The molecule has 1 unspecified atom stereocenters. The van der Waals surface area contributed by atoms with Crippen LogP contribution in [-0.2, 0) is 14.4 Å². The van der Waals surface area contributed by atoms with Gasteiger partial charge in [-0.2, -0.15) is 0 Å². The fraction of sp³-hybridized carbons (Fsp3) is 0.0588. The van der Waals surface area contributed by atoms with Crippen LogP contribution in [-0.4, -0.2) is 34.0 Å². The van der Waals surface area contributed by atoms with Crippen LogP contribution in [0.3, 0.4) is 0 Å². The van der Waals surface area contributed by atoms with E-state index in [1.54, 1.807) is 103 Å². The Labute approximate surface area is 245 Å². The molecule has 2 amide bonds. The Hall–Kier alpha value is -5.27. The topological polar surface area (TPSA) is 95.0 Å². The lowest BCUT2D eigenvalue weighted by Crippen LogP contribution is -2.57. The highest BCUT2D eigenvalue weighted by Gasteiger charge is 2.71. The number of benzene rings is 4. The van der Waals surface area contributed by atoms with Crippen molar-refractivity contribution in [3.05, 3.63) is 142 Å². The molecule has 0 radical (unpaired) electrons. The average molecular weight is 573 g/mol. The molecule has 0 aromatic heterocycles. The Bertz CT molecular complexity index is 1930. The molecule has 42 heavy (non-hydrogen) atoms. The van der Waals surface area contributed by atoms with Crippen molar-refractivity contribution in [2.24, 2.45) is 0 Å². The third kappa shape index (κ3) is 3.28. The third-order valence-electron chi connectivity index (χ3n) is 7.97. The van der Waals surface area contributed by atoms with Gasteiger partial charge in [-0.15, -0.1) is 0 Å². The minimum absolute atomic E-state index is 0.0686. The molecule has 7 rings (SSSR count). The number of halogens is 1. The van der Waals surface area contributed by atoms with Crippen LogP contribution in [0.1, 0.15) is 27.0 Å². The number of aliphatic hydroxyl groups is 1. The van der Waals surface area contributed by atoms with Crippen LogP contribution >= 0.6 is 11.6 Å². The van der Waals surface area contributed by atoms with E-state index in [1.807, 2.05) is 6.92 Å². The van der Waals surface area contributed by atoms with Crippen molar-refractivity contribution in [1.29, 1.82) is 0 Å². The molecule has 1 saturated heterocycles. The van der Waals surface area contributed by atoms with Crippen molar-refractivity contribution >= 4 is 57.8 Å². The molecule has 8 heteroatoms. The summed E-state index contributed by atoms with van der Waals surface area (Å²) in [5.74, 6) is -3.90. The summed E-state index contributed by atoms with van der Waals surface area (Å²) in [5.41, 5.74) is -0.0380. The molecule has 0 saturated carbocycles. The zero-order chi connectivity index (χ0) is 29.3. The van der Waals surface area contributed by atoms with Gasteiger partial charge in [-0.3, -0.25) is 29.0 Å². The van der Waals surface area contributed by atoms with Gasteiger partial charge < -0.3 is 5.11 Å².